The molecule has 7 aromatic carbocycles. The largest absolute Gasteiger partial charge is 0.457 e. The molecule has 0 atom stereocenters. The van der Waals surface area contributed by atoms with Gasteiger partial charge in [0.1, 0.15) is 11.5 Å². The molecule has 1 saturated carbocycles. The fraction of sp³-hybridized carbons (Fsp3) is 0.173. The van der Waals surface area contributed by atoms with Gasteiger partial charge < -0.3 is 4.74 Å². The number of nitrogens with zero attached hydrogens (tertiary/aromatic N) is 2. The predicted molar refractivity (Wildman–Crippen MR) is 242 cm³/mol. The van der Waals surface area contributed by atoms with Crippen LogP contribution in [-0.2, 0) is 5.41 Å². The molecule has 11 rings (SSSR count). The summed E-state index contributed by atoms with van der Waals surface area (Å²) in [6.07, 6.45) is 3.31. The van der Waals surface area contributed by atoms with Crippen molar-refractivity contribution in [2.24, 2.45) is 0 Å². The minimum atomic E-state index is -3.35. The Labute approximate surface area is 344 Å². The zero-order valence-corrected chi connectivity index (χ0v) is 33.9. The first kappa shape index (κ1) is 30.4. The van der Waals surface area contributed by atoms with E-state index < -0.39 is 20.8 Å². The van der Waals surface area contributed by atoms with Gasteiger partial charge in [-0.25, -0.2) is 4.98 Å². The molecule has 0 spiro atoms. The molecule has 0 bridgehead atoms. The molecule has 0 radical (unpaired) electrons. The average molecular weight is 777 g/mol. The van der Waals surface area contributed by atoms with Crippen LogP contribution in [0.15, 0.2) is 158 Å². The van der Waals surface area contributed by atoms with Gasteiger partial charge in [-0.3, -0.25) is 4.40 Å². The summed E-state index contributed by atoms with van der Waals surface area (Å²) < 4.78 is 47.6. The number of rotatable bonds is 6. The Morgan fingerprint density at radius 2 is 1.42 bits per heavy atom. The SMILES string of the molecule is [2H]C([2H])([2H])c1ccc2c(nc3sc4ccccc4n32)c1-c1cc([Si](c2ccccc2)(c2ccccc2)c2cccc3c2Oc2ccccc2C3(C)C)ccc1C1([2H])CCCC1. The van der Waals surface area contributed by atoms with Crippen molar-refractivity contribution < 1.29 is 10.2 Å². The zero-order valence-electron chi connectivity index (χ0n) is 36.1. The lowest BCUT2D eigenvalue weighted by Gasteiger charge is -2.40. The molecular formula is C52H44N2OSSi. The number of benzene rings is 7. The number of para-hydroxylation sites is 3. The van der Waals surface area contributed by atoms with Gasteiger partial charge in [0, 0.05) is 27.6 Å². The smallest absolute Gasteiger partial charge is 0.195 e. The highest BCUT2D eigenvalue weighted by molar-refractivity contribution is 7.23. The molecule has 1 aliphatic carbocycles. The first-order valence-electron chi connectivity index (χ1n) is 22.0. The Balaban J connectivity index is 1.29. The lowest BCUT2D eigenvalue weighted by Crippen LogP contribution is -2.75. The number of thiazole rings is 1. The van der Waals surface area contributed by atoms with Crippen molar-refractivity contribution in [3.8, 4) is 22.6 Å². The molecule has 3 nitrogen and oxygen atoms in total. The summed E-state index contributed by atoms with van der Waals surface area (Å²) in [5.41, 5.74) is 6.96. The van der Waals surface area contributed by atoms with Crippen molar-refractivity contribution in [1.82, 2.24) is 9.38 Å². The van der Waals surface area contributed by atoms with Gasteiger partial charge >= 0.3 is 0 Å². The first-order valence-corrected chi connectivity index (χ1v) is 22.8. The minimum Gasteiger partial charge on any atom is -0.457 e. The van der Waals surface area contributed by atoms with Gasteiger partial charge in [0.15, 0.2) is 13.0 Å². The topological polar surface area (TPSA) is 26.5 Å². The molecule has 0 unspecified atom stereocenters. The van der Waals surface area contributed by atoms with Gasteiger partial charge in [0.25, 0.3) is 0 Å². The van der Waals surface area contributed by atoms with Crippen LogP contribution in [0.5, 0.6) is 11.5 Å². The number of fused-ring (bicyclic) bond motifs is 7. The Morgan fingerprint density at radius 3 is 2.19 bits per heavy atom. The van der Waals surface area contributed by atoms with Gasteiger partial charge in [-0.05, 0) is 87.3 Å². The second-order valence-electron chi connectivity index (χ2n) is 16.1. The van der Waals surface area contributed by atoms with E-state index in [2.05, 4.69) is 146 Å². The summed E-state index contributed by atoms with van der Waals surface area (Å²) in [6, 6.07) is 55.3. The van der Waals surface area contributed by atoms with Gasteiger partial charge in [0.05, 0.1) is 21.3 Å². The van der Waals surface area contributed by atoms with Crippen LogP contribution in [0.4, 0.5) is 0 Å². The van der Waals surface area contributed by atoms with Gasteiger partial charge in [-0.15, -0.1) is 0 Å². The van der Waals surface area contributed by atoms with E-state index in [1.807, 2.05) is 24.3 Å². The summed E-state index contributed by atoms with van der Waals surface area (Å²) in [5.74, 6) is 0.833. The van der Waals surface area contributed by atoms with E-state index in [9.17, 15) is 1.37 Å². The fourth-order valence-corrected chi connectivity index (χ4v) is 15.9. The van der Waals surface area contributed by atoms with Crippen molar-refractivity contribution in [2.45, 2.75) is 57.7 Å². The van der Waals surface area contributed by atoms with Crippen LogP contribution < -0.4 is 25.5 Å². The van der Waals surface area contributed by atoms with E-state index in [0.717, 1.165) is 77.7 Å². The maximum Gasteiger partial charge on any atom is 0.195 e. The highest BCUT2D eigenvalue weighted by Crippen LogP contribution is 2.48. The van der Waals surface area contributed by atoms with Gasteiger partial charge in [0.2, 0.25) is 0 Å². The Bertz CT molecular complexity index is 3130. The highest BCUT2D eigenvalue weighted by Gasteiger charge is 2.47. The van der Waals surface area contributed by atoms with E-state index in [4.69, 9.17) is 13.8 Å². The molecule has 1 aliphatic heterocycles. The lowest BCUT2D eigenvalue weighted by atomic mass is 9.76. The number of ether oxygens (including phenoxy) is 1. The van der Waals surface area contributed by atoms with Crippen molar-refractivity contribution in [1.29, 1.82) is 0 Å². The van der Waals surface area contributed by atoms with Gasteiger partial charge in [-0.1, -0.05) is 171 Å². The lowest BCUT2D eigenvalue weighted by molar-refractivity contribution is 0.421. The Hall–Kier alpha value is -5.75. The van der Waals surface area contributed by atoms with Crippen LogP contribution in [0.25, 0.3) is 37.3 Å². The predicted octanol–water partition coefficient (Wildman–Crippen LogP) is 11.1. The summed E-state index contributed by atoms with van der Waals surface area (Å²) in [7, 11) is -3.35. The summed E-state index contributed by atoms with van der Waals surface area (Å²) >= 11 is 1.61. The van der Waals surface area contributed by atoms with E-state index in [1.165, 1.54) is 10.4 Å². The van der Waals surface area contributed by atoms with Crippen LogP contribution >= 0.6 is 11.3 Å². The fourth-order valence-electron chi connectivity index (χ4n) is 9.99. The molecule has 57 heavy (non-hydrogen) atoms. The number of hydrogen-bond donors (Lipinski definition) is 0. The van der Waals surface area contributed by atoms with E-state index in [1.54, 1.807) is 17.4 Å². The molecule has 1 fully saturated rings. The second kappa shape index (κ2) is 13.2. The maximum atomic E-state index is 10.1. The first-order chi connectivity index (χ1) is 29.5. The van der Waals surface area contributed by atoms with Crippen LogP contribution in [-0.4, -0.2) is 17.5 Å². The summed E-state index contributed by atoms with van der Waals surface area (Å²) in [4.78, 5) is 6.13. The molecular weight excluding hydrogens is 729 g/mol. The number of hydrogen-bond acceptors (Lipinski definition) is 3. The standard InChI is InChI=1S/C52H44N2OSSi/c1-34-29-32-44-49(53-51-54(44)43-25-13-15-27-46(43)56-51)48(34)40-33-38(30-31-39(40)35-17-10-11-18-35)57(36-19-6-4-7-20-36,37-21-8-5-9-22-37)47-28-16-24-42-50(47)55-45-26-14-12-23-41(45)52(42,2)3/h4-9,12-16,19-33,35H,10-11,17-18H2,1-3H3/i1D3,35D. The molecule has 278 valence electrons. The quantitative estimate of drug-likeness (QED) is 0.124. The van der Waals surface area contributed by atoms with E-state index >= 15 is 0 Å². The molecule has 5 heteroatoms. The summed E-state index contributed by atoms with van der Waals surface area (Å²) in [5, 5.41) is 4.56. The van der Waals surface area contributed by atoms with Crippen molar-refractivity contribution >= 4 is 66.4 Å². The van der Waals surface area contributed by atoms with E-state index in [0.29, 0.717) is 23.9 Å². The Kier molecular flexibility index (Phi) is 7.01. The van der Waals surface area contributed by atoms with Crippen molar-refractivity contribution in [3.05, 3.63) is 180 Å². The molecule has 0 amide bonds. The monoisotopic (exact) mass is 776 g/mol. The second-order valence-corrected chi connectivity index (χ2v) is 20.9. The molecule has 0 N–H and O–H groups in total. The number of aromatic nitrogens is 2. The average Bonchev–Trinajstić information content (AvgIpc) is 3.98. The third-order valence-electron chi connectivity index (χ3n) is 12.7. The Morgan fingerprint density at radius 1 is 0.719 bits per heavy atom. The molecule has 3 heterocycles. The van der Waals surface area contributed by atoms with Gasteiger partial charge in [-0.2, -0.15) is 0 Å². The van der Waals surface area contributed by atoms with Crippen LogP contribution in [0.3, 0.4) is 0 Å². The summed E-state index contributed by atoms with van der Waals surface area (Å²) in [6.45, 7) is 2.12. The van der Waals surface area contributed by atoms with E-state index in [-0.39, 0.29) is 11.0 Å². The van der Waals surface area contributed by atoms with Crippen LogP contribution in [0.1, 0.15) is 73.2 Å². The van der Waals surface area contributed by atoms with Crippen molar-refractivity contribution in [2.75, 3.05) is 0 Å². The molecule has 2 aliphatic rings. The van der Waals surface area contributed by atoms with Crippen LogP contribution in [0, 0.1) is 6.85 Å². The van der Waals surface area contributed by atoms with Crippen molar-refractivity contribution in [3.63, 3.8) is 0 Å². The third kappa shape index (κ3) is 5.11. The van der Waals surface area contributed by atoms with Crippen LogP contribution in [0.2, 0.25) is 0 Å². The molecule has 2 aromatic heterocycles. The molecule has 9 aromatic rings. The minimum absolute atomic E-state index is 0.250. The maximum absolute atomic E-state index is 10.1. The number of imidazole rings is 1. The normalized spacial score (nSPS) is 17.0. The number of aryl methyl sites for hydroxylation is 1. The molecule has 0 saturated heterocycles. The highest BCUT2D eigenvalue weighted by atomic mass is 32.1. The third-order valence-corrected chi connectivity index (χ3v) is 18.5. The zero-order chi connectivity index (χ0) is 41.7.